The van der Waals surface area contributed by atoms with Crippen LogP contribution in [0.1, 0.15) is 44.2 Å². The first-order valence-corrected chi connectivity index (χ1v) is 13.8. The van der Waals surface area contributed by atoms with E-state index in [1.807, 2.05) is 49.6 Å². The van der Waals surface area contributed by atoms with Crippen LogP contribution in [0.25, 0.3) is 6.08 Å². The van der Waals surface area contributed by atoms with Gasteiger partial charge in [0, 0.05) is 4.88 Å². The van der Waals surface area contributed by atoms with Gasteiger partial charge >= 0.3 is 5.97 Å². The van der Waals surface area contributed by atoms with Crippen LogP contribution in [-0.4, -0.2) is 30.4 Å². The summed E-state index contributed by atoms with van der Waals surface area (Å²) in [6.45, 7) is 7.70. The Balaban J connectivity index is 1.88. The largest absolute Gasteiger partial charge is 0.493 e. The average molecular weight is 625 g/mol. The Morgan fingerprint density at radius 3 is 2.74 bits per heavy atom. The summed E-state index contributed by atoms with van der Waals surface area (Å²) in [6, 6.07) is 7.05. The number of halogens is 1. The van der Waals surface area contributed by atoms with Gasteiger partial charge in [-0.25, -0.2) is 9.79 Å². The van der Waals surface area contributed by atoms with E-state index in [1.165, 1.54) is 22.7 Å². The quantitative estimate of drug-likeness (QED) is 0.290. The van der Waals surface area contributed by atoms with Gasteiger partial charge in [0.1, 0.15) is 6.04 Å². The number of allylic oxidation sites excluding steroid dienone is 1. The predicted molar refractivity (Wildman–Crippen MR) is 146 cm³/mol. The van der Waals surface area contributed by atoms with E-state index in [1.54, 1.807) is 25.5 Å². The Kier molecular flexibility index (Phi) is 7.82. The molecule has 0 radical (unpaired) electrons. The highest BCUT2D eigenvalue weighted by Crippen LogP contribution is 2.35. The molecule has 1 atom stereocenters. The first-order valence-electron chi connectivity index (χ1n) is 11.0. The smallest absolute Gasteiger partial charge is 0.338 e. The number of rotatable bonds is 7. The fraction of sp³-hybridized carbons (Fsp3) is 0.320. The zero-order valence-electron chi connectivity index (χ0n) is 20.0. The standard InChI is InChI=1S/C25H25IN2O5S2/c1-6-32-24(30)20-14(4)27-25-28(21(20)18-8-7-9-34-18)23(29)19(35-25)12-15-10-16(26)22(33-13(2)3)17(11-15)31-5/h7-13,21H,6H2,1-5H3/b19-12-/t21-/m1/s1. The van der Waals surface area contributed by atoms with Crippen LogP contribution in [0, 0.1) is 3.57 Å². The van der Waals surface area contributed by atoms with Crippen molar-refractivity contribution in [1.82, 2.24) is 4.57 Å². The van der Waals surface area contributed by atoms with Gasteiger partial charge in [-0.05, 0) is 85.5 Å². The van der Waals surface area contributed by atoms with E-state index in [-0.39, 0.29) is 18.3 Å². The van der Waals surface area contributed by atoms with Crippen molar-refractivity contribution in [3.05, 3.63) is 74.6 Å². The summed E-state index contributed by atoms with van der Waals surface area (Å²) in [7, 11) is 1.59. The van der Waals surface area contributed by atoms with Crippen LogP contribution in [0.5, 0.6) is 11.5 Å². The lowest BCUT2D eigenvalue weighted by atomic mass is 10.0. The molecule has 4 rings (SSSR count). The molecule has 0 bridgehead atoms. The van der Waals surface area contributed by atoms with E-state index in [0.29, 0.717) is 32.1 Å². The molecule has 2 aromatic heterocycles. The monoisotopic (exact) mass is 624 g/mol. The molecular formula is C25H25IN2O5S2. The number of carbonyl (C=O) groups excluding carboxylic acids is 1. The zero-order valence-corrected chi connectivity index (χ0v) is 23.7. The zero-order chi connectivity index (χ0) is 25.3. The van der Waals surface area contributed by atoms with Crippen LogP contribution in [0.15, 0.2) is 50.7 Å². The fourth-order valence-electron chi connectivity index (χ4n) is 3.83. The molecule has 1 aliphatic heterocycles. The first kappa shape index (κ1) is 25.6. The maximum atomic E-state index is 13.7. The number of methoxy groups -OCH3 is 1. The number of aromatic nitrogens is 1. The van der Waals surface area contributed by atoms with Crippen molar-refractivity contribution in [2.75, 3.05) is 13.7 Å². The molecule has 184 valence electrons. The van der Waals surface area contributed by atoms with Crippen LogP contribution < -0.4 is 24.4 Å². The van der Waals surface area contributed by atoms with E-state index < -0.39 is 12.0 Å². The van der Waals surface area contributed by atoms with Crippen molar-refractivity contribution in [3.8, 4) is 11.5 Å². The Morgan fingerprint density at radius 1 is 1.34 bits per heavy atom. The summed E-state index contributed by atoms with van der Waals surface area (Å²) in [6.07, 6.45) is 1.82. The van der Waals surface area contributed by atoms with Crippen molar-refractivity contribution in [2.24, 2.45) is 4.99 Å². The third-order valence-corrected chi connectivity index (χ3v) is 7.94. The number of fused-ring (bicyclic) bond motifs is 1. The van der Waals surface area contributed by atoms with Gasteiger partial charge in [0.05, 0.1) is 39.2 Å². The number of hydrogen-bond acceptors (Lipinski definition) is 8. The summed E-state index contributed by atoms with van der Waals surface area (Å²) in [4.78, 5) is 32.6. The molecule has 1 aromatic carbocycles. The van der Waals surface area contributed by atoms with Gasteiger partial charge in [-0.3, -0.25) is 9.36 Å². The second-order valence-electron chi connectivity index (χ2n) is 8.02. The number of ether oxygens (including phenoxy) is 3. The average Bonchev–Trinajstić information content (AvgIpc) is 3.43. The molecule has 35 heavy (non-hydrogen) atoms. The lowest BCUT2D eigenvalue weighted by Gasteiger charge is -2.23. The Hall–Kier alpha value is -2.44. The lowest BCUT2D eigenvalue weighted by Crippen LogP contribution is -2.39. The number of carbonyl (C=O) groups is 1. The van der Waals surface area contributed by atoms with E-state index in [2.05, 4.69) is 27.6 Å². The number of hydrogen-bond donors (Lipinski definition) is 0. The third-order valence-electron chi connectivity index (χ3n) is 5.23. The second-order valence-corrected chi connectivity index (χ2v) is 11.2. The number of thiazole rings is 1. The van der Waals surface area contributed by atoms with Crippen molar-refractivity contribution in [2.45, 2.75) is 39.8 Å². The van der Waals surface area contributed by atoms with Gasteiger partial charge in [0.15, 0.2) is 16.3 Å². The molecule has 3 heterocycles. The molecule has 0 fully saturated rings. The topological polar surface area (TPSA) is 79.1 Å². The number of thiophene rings is 1. The molecule has 0 saturated carbocycles. The van der Waals surface area contributed by atoms with Crippen LogP contribution in [0.3, 0.4) is 0 Å². The summed E-state index contributed by atoms with van der Waals surface area (Å²) < 4.78 is 19.8. The van der Waals surface area contributed by atoms with Gasteiger partial charge in [-0.15, -0.1) is 11.3 Å². The van der Waals surface area contributed by atoms with Crippen molar-refractivity contribution < 1.29 is 19.0 Å². The molecular weight excluding hydrogens is 599 g/mol. The highest BCUT2D eigenvalue weighted by atomic mass is 127. The second kappa shape index (κ2) is 10.7. The molecule has 10 heteroatoms. The fourth-order valence-corrected chi connectivity index (χ4v) is 6.45. The van der Waals surface area contributed by atoms with Crippen molar-refractivity contribution in [3.63, 3.8) is 0 Å². The number of benzene rings is 1. The summed E-state index contributed by atoms with van der Waals surface area (Å²) in [5, 5.41) is 1.93. The van der Waals surface area contributed by atoms with Gasteiger partial charge in [0.2, 0.25) is 0 Å². The number of esters is 1. The van der Waals surface area contributed by atoms with Crippen LogP contribution >= 0.6 is 45.3 Å². The third kappa shape index (κ3) is 5.10. The Labute approximate surface area is 224 Å². The molecule has 0 amide bonds. The van der Waals surface area contributed by atoms with E-state index in [9.17, 15) is 9.59 Å². The summed E-state index contributed by atoms with van der Waals surface area (Å²) >= 11 is 4.99. The van der Waals surface area contributed by atoms with Gasteiger partial charge in [0.25, 0.3) is 5.56 Å². The Morgan fingerprint density at radius 2 is 2.11 bits per heavy atom. The van der Waals surface area contributed by atoms with Crippen molar-refractivity contribution in [1.29, 1.82) is 0 Å². The highest BCUT2D eigenvalue weighted by molar-refractivity contribution is 14.1. The lowest BCUT2D eigenvalue weighted by molar-refractivity contribution is -0.139. The normalized spacial score (nSPS) is 15.7. The molecule has 3 aromatic rings. The minimum Gasteiger partial charge on any atom is -0.493 e. The molecule has 7 nitrogen and oxygen atoms in total. The molecule has 1 aliphatic rings. The molecule has 0 unspecified atom stereocenters. The highest BCUT2D eigenvalue weighted by Gasteiger charge is 2.33. The van der Waals surface area contributed by atoms with Crippen LogP contribution in [0.4, 0.5) is 0 Å². The van der Waals surface area contributed by atoms with Gasteiger partial charge < -0.3 is 14.2 Å². The molecule has 0 N–H and O–H groups in total. The summed E-state index contributed by atoms with van der Waals surface area (Å²) in [5.74, 6) is 0.817. The maximum Gasteiger partial charge on any atom is 0.338 e. The maximum absolute atomic E-state index is 13.7. The SMILES string of the molecule is CCOC(=O)C1=C(C)N=c2s/c(=C\c3cc(I)c(OC(C)C)c(OC)c3)c(=O)n2[C@@H]1c1cccs1. The minimum atomic E-state index is -0.580. The van der Waals surface area contributed by atoms with Crippen LogP contribution in [-0.2, 0) is 9.53 Å². The predicted octanol–water partition coefficient (Wildman–Crippen LogP) is 4.26. The summed E-state index contributed by atoms with van der Waals surface area (Å²) in [5.41, 5.74) is 1.54. The number of nitrogens with zero attached hydrogens (tertiary/aromatic N) is 2. The van der Waals surface area contributed by atoms with Crippen LogP contribution in [0.2, 0.25) is 0 Å². The molecule has 0 saturated heterocycles. The molecule has 0 aliphatic carbocycles. The van der Waals surface area contributed by atoms with Gasteiger partial charge in [-0.2, -0.15) is 0 Å². The minimum absolute atomic E-state index is 0.000964. The van der Waals surface area contributed by atoms with Gasteiger partial charge in [-0.1, -0.05) is 17.4 Å². The van der Waals surface area contributed by atoms with E-state index >= 15 is 0 Å². The van der Waals surface area contributed by atoms with Crippen molar-refractivity contribution >= 4 is 57.3 Å². The van der Waals surface area contributed by atoms with E-state index in [4.69, 9.17) is 14.2 Å². The van der Waals surface area contributed by atoms with E-state index in [0.717, 1.165) is 14.0 Å². The molecule has 0 spiro atoms. The first-order chi connectivity index (χ1) is 16.7. The Bertz CT molecular complexity index is 1470.